The smallest absolute Gasteiger partial charge is 0.376 e. The van der Waals surface area contributed by atoms with Gasteiger partial charge in [-0.2, -0.15) is 13.2 Å². The van der Waals surface area contributed by atoms with Gasteiger partial charge in [-0.05, 0) is 36.2 Å². The van der Waals surface area contributed by atoms with Crippen LogP contribution in [-0.4, -0.2) is 18.4 Å². The van der Waals surface area contributed by atoms with Gasteiger partial charge in [0.25, 0.3) is 0 Å². The molecule has 0 fully saturated rings. The zero-order valence-electron chi connectivity index (χ0n) is 14.9. The number of carbonyl (C=O) groups is 2. The molecule has 0 aliphatic heterocycles. The molecule has 0 saturated heterocycles. The maximum absolute atomic E-state index is 13.3. The highest BCUT2D eigenvalue weighted by atomic mass is 19.4. The molecule has 0 heterocycles. The minimum absolute atomic E-state index is 0.0318. The van der Waals surface area contributed by atoms with Crippen LogP contribution in [0.4, 0.5) is 24.5 Å². The van der Waals surface area contributed by atoms with E-state index in [1.165, 1.54) is 19.1 Å². The molecule has 3 N–H and O–H groups in total. The van der Waals surface area contributed by atoms with Crippen LogP contribution in [0.15, 0.2) is 42.5 Å². The van der Waals surface area contributed by atoms with E-state index in [9.17, 15) is 22.8 Å². The number of benzene rings is 2. The molecule has 0 aliphatic rings. The third kappa shape index (κ3) is 6.02. The van der Waals surface area contributed by atoms with Gasteiger partial charge in [-0.3, -0.25) is 9.59 Å². The SMILES string of the molecule is CC(=O)Nc1ccc(NCC(=O)NCc2ccccc2C)c(C(F)(F)F)c1. The lowest BCUT2D eigenvalue weighted by atomic mass is 10.1. The van der Waals surface area contributed by atoms with E-state index in [1.54, 1.807) is 0 Å². The number of hydrogen-bond donors (Lipinski definition) is 3. The van der Waals surface area contributed by atoms with Crippen LogP contribution in [-0.2, 0) is 22.3 Å². The topological polar surface area (TPSA) is 70.2 Å². The van der Waals surface area contributed by atoms with E-state index in [0.29, 0.717) is 6.54 Å². The Morgan fingerprint density at radius 2 is 1.78 bits per heavy atom. The van der Waals surface area contributed by atoms with Crippen molar-refractivity contribution in [2.75, 3.05) is 17.2 Å². The number of nitrogens with one attached hydrogen (secondary N) is 3. The minimum atomic E-state index is -4.63. The maximum atomic E-state index is 13.3. The van der Waals surface area contributed by atoms with E-state index in [0.717, 1.165) is 17.2 Å². The monoisotopic (exact) mass is 379 g/mol. The normalized spacial score (nSPS) is 11.0. The van der Waals surface area contributed by atoms with Crippen molar-refractivity contribution < 1.29 is 22.8 Å². The first-order valence-electron chi connectivity index (χ1n) is 8.20. The molecule has 0 unspecified atom stereocenters. The van der Waals surface area contributed by atoms with E-state index in [4.69, 9.17) is 0 Å². The number of alkyl halides is 3. The van der Waals surface area contributed by atoms with Crippen molar-refractivity contribution in [3.05, 3.63) is 59.2 Å². The van der Waals surface area contributed by atoms with Gasteiger partial charge >= 0.3 is 6.18 Å². The molecule has 2 amide bonds. The van der Waals surface area contributed by atoms with Gasteiger partial charge in [0.2, 0.25) is 11.8 Å². The van der Waals surface area contributed by atoms with Crippen LogP contribution in [0.25, 0.3) is 0 Å². The highest BCUT2D eigenvalue weighted by Gasteiger charge is 2.34. The van der Waals surface area contributed by atoms with Crippen LogP contribution >= 0.6 is 0 Å². The van der Waals surface area contributed by atoms with Crippen molar-refractivity contribution in [2.24, 2.45) is 0 Å². The first kappa shape index (κ1) is 20.3. The van der Waals surface area contributed by atoms with Crippen LogP contribution in [0, 0.1) is 6.92 Å². The van der Waals surface area contributed by atoms with Crippen LogP contribution in [0.5, 0.6) is 0 Å². The predicted octanol–water partition coefficient (Wildman–Crippen LogP) is 3.70. The summed E-state index contributed by atoms with van der Waals surface area (Å²) in [5.74, 6) is -0.906. The summed E-state index contributed by atoms with van der Waals surface area (Å²) in [5.41, 5.74) is 0.785. The lowest BCUT2D eigenvalue weighted by molar-refractivity contribution is -0.137. The third-order valence-corrected chi connectivity index (χ3v) is 3.82. The molecule has 0 spiro atoms. The lowest BCUT2D eigenvalue weighted by Gasteiger charge is -2.16. The van der Waals surface area contributed by atoms with Crippen LogP contribution in [0.1, 0.15) is 23.6 Å². The Hall–Kier alpha value is -3.03. The average molecular weight is 379 g/mol. The first-order chi connectivity index (χ1) is 12.7. The van der Waals surface area contributed by atoms with E-state index >= 15 is 0 Å². The molecule has 0 atom stereocenters. The lowest BCUT2D eigenvalue weighted by Crippen LogP contribution is -2.30. The second-order valence-electron chi connectivity index (χ2n) is 6.00. The molecule has 0 aliphatic carbocycles. The number of amides is 2. The summed E-state index contributed by atoms with van der Waals surface area (Å²) in [6.07, 6.45) is -4.63. The minimum Gasteiger partial charge on any atom is -0.376 e. The van der Waals surface area contributed by atoms with Crippen molar-refractivity contribution in [2.45, 2.75) is 26.6 Å². The number of anilines is 2. The Morgan fingerprint density at radius 3 is 2.41 bits per heavy atom. The standard InChI is InChI=1S/C19H20F3N3O2/c1-12-5-3-4-6-14(12)10-24-18(27)11-23-17-8-7-15(25-13(2)26)9-16(17)19(20,21)22/h3-9,23H,10-11H2,1-2H3,(H,24,27)(H,25,26). The molecule has 0 aromatic heterocycles. The van der Waals surface area contributed by atoms with Crippen LogP contribution in [0.3, 0.4) is 0 Å². The van der Waals surface area contributed by atoms with E-state index in [-0.39, 0.29) is 17.9 Å². The molecule has 2 rings (SSSR count). The average Bonchev–Trinajstić information content (AvgIpc) is 2.58. The third-order valence-electron chi connectivity index (χ3n) is 3.82. The fourth-order valence-corrected chi connectivity index (χ4v) is 2.45. The van der Waals surface area contributed by atoms with Gasteiger partial charge in [-0.25, -0.2) is 0 Å². The Morgan fingerprint density at radius 1 is 1.07 bits per heavy atom. The van der Waals surface area contributed by atoms with E-state index in [2.05, 4.69) is 16.0 Å². The Kier molecular flexibility index (Phi) is 6.44. The summed E-state index contributed by atoms with van der Waals surface area (Å²) in [4.78, 5) is 23.0. The van der Waals surface area contributed by atoms with Gasteiger partial charge < -0.3 is 16.0 Å². The molecular weight excluding hydrogens is 359 g/mol. The largest absolute Gasteiger partial charge is 0.418 e. The quantitative estimate of drug-likeness (QED) is 0.717. The summed E-state index contributed by atoms with van der Waals surface area (Å²) in [6, 6.07) is 10.9. The van der Waals surface area contributed by atoms with Gasteiger partial charge in [-0.15, -0.1) is 0 Å². The number of hydrogen-bond acceptors (Lipinski definition) is 3. The van der Waals surface area contributed by atoms with Gasteiger partial charge in [0.15, 0.2) is 0 Å². The molecular formula is C19H20F3N3O2. The molecule has 2 aromatic carbocycles. The second-order valence-corrected chi connectivity index (χ2v) is 6.00. The Bertz CT molecular complexity index is 835. The highest BCUT2D eigenvalue weighted by molar-refractivity contribution is 5.89. The molecule has 0 bridgehead atoms. The zero-order chi connectivity index (χ0) is 20.0. The summed E-state index contributed by atoms with van der Waals surface area (Å²) < 4.78 is 39.8. The van der Waals surface area contributed by atoms with Crippen molar-refractivity contribution in [3.8, 4) is 0 Å². The van der Waals surface area contributed by atoms with E-state index < -0.39 is 23.6 Å². The first-order valence-corrected chi connectivity index (χ1v) is 8.20. The second kappa shape index (κ2) is 8.57. The molecule has 27 heavy (non-hydrogen) atoms. The summed E-state index contributed by atoms with van der Waals surface area (Å²) >= 11 is 0. The zero-order valence-corrected chi connectivity index (χ0v) is 14.9. The molecule has 0 radical (unpaired) electrons. The molecule has 0 saturated carbocycles. The molecule has 8 heteroatoms. The molecule has 5 nitrogen and oxygen atoms in total. The summed E-state index contributed by atoms with van der Waals surface area (Å²) in [6.45, 7) is 3.10. The molecule has 144 valence electrons. The van der Waals surface area contributed by atoms with Gasteiger partial charge in [0.05, 0.1) is 12.1 Å². The van der Waals surface area contributed by atoms with Gasteiger partial charge in [0.1, 0.15) is 0 Å². The molecule has 2 aromatic rings. The number of halogens is 3. The predicted molar refractivity (Wildman–Crippen MR) is 97.3 cm³/mol. The van der Waals surface area contributed by atoms with Crippen molar-refractivity contribution >= 4 is 23.2 Å². The van der Waals surface area contributed by atoms with Gasteiger partial charge in [-0.1, -0.05) is 24.3 Å². The Balaban J connectivity index is 2.02. The van der Waals surface area contributed by atoms with Crippen LogP contribution in [0.2, 0.25) is 0 Å². The summed E-state index contributed by atoms with van der Waals surface area (Å²) in [7, 11) is 0. The fraction of sp³-hybridized carbons (Fsp3) is 0.263. The number of rotatable bonds is 6. The van der Waals surface area contributed by atoms with Crippen molar-refractivity contribution in [3.63, 3.8) is 0 Å². The number of carbonyl (C=O) groups excluding carboxylic acids is 2. The highest BCUT2D eigenvalue weighted by Crippen LogP contribution is 2.36. The van der Waals surface area contributed by atoms with Crippen LogP contribution < -0.4 is 16.0 Å². The van der Waals surface area contributed by atoms with Gasteiger partial charge in [0, 0.05) is 24.8 Å². The summed E-state index contributed by atoms with van der Waals surface area (Å²) in [5, 5.41) is 7.48. The fourth-order valence-electron chi connectivity index (χ4n) is 2.45. The number of aryl methyl sites for hydroxylation is 1. The van der Waals surface area contributed by atoms with E-state index in [1.807, 2.05) is 31.2 Å². The van der Waals surface area contributed by atoms with Crippen molar-refractivity contribution in [1.29, 1.82) is 0 Å². The maximum Gasteiger partial charge on any atom is 0.418 e. The Labute approximate surface area is 155 Å². The van der Waals surface area contributed by atoms with Crippen molar-refractivity contribution in [1.82, 2.24) is 5.32 Å².